The molecule has 0 aromatic heterocycles. The lowest BCUT2D eigenvalue weighted by atomic mass is 10.0. The first kappa shape index (κ1) is 59.5. The molecule has 0 aliphatic heterocycles. The lowest BCUT2D eigenvalue weighted by Gasteiger charge is -2.06. The van der Waals surface area contributed by atoms with Crippen molar-refractivity contribution in [3.63, 3.8) is 0 Å². The van der Waals surface area contributed by atoms with Crippen LogP contribution >= 0.6 is 0 Å². The van der Waals surface area contributed by atoms with Gasteiger partial charge in [-0.25, -0.2) is 0 Å². The second kappa shape index (κ2) is 34.9. The van der Waals surface area contributed by atoms with Gasteiger partial charge in [0.15, 0.2) is 0 Å². The summed E-state index contributed by atoms with van der Waals surface area (Å²) in [5, 5.41) is 0. The van der Waals surface area contributed by atoms with Gasteiger partial charge in [-0.3, -0.25) is 0 Å². The van der Waals surface area contributed by atoms with E-state index < -0.39 is 0 Å². The van der Waals surface area contributed by atoms with Crippen LogP contribution in [0.2, 0.25) is 0 Å². The fourth-order valence-corrected chi connectivity index (χ4v) is 6.53. The summed E-state index contributed by atoms with van der Waals surface area (Å²) in [6.07, 6.45) is 6.89. The molecule has 0 aliphatic carbocycles. The Morgan fingerprint density at radius 2 is 0.569 bits per heavy atom. The average molecular weight is 871 g/mol. The highest BCUT2D eigenvalue weighted by Gasteiger charge is 1.98. The summed E-state index contributed by atoms with van der Waals surface area (Å²) in [5.41, 5.74) is 22.4. The van der Waals surface area contributed by atoms with Gasteiger partial charge in [0.25, 0.3) is 0 Å². The smallest absolute Gasteiger partial charge is 0.0305 e. The summed E-state index contributed by atoms with van der Waals surface area (Å²) < 4.78 is 0. The zero-order valence-corrected chi connectivity index (χ0v) is 43.3. The Morgan fingerprint density at radius 1 is 0.246 bits per heavy atom. The van der Waals surface area contributed by atoms with Gasteiger partial charge in [0.2, 0.25) is 0 Å². The maximum Gasteiger partial charge on any atom is -0.0305 e. The van der Waals surface area contributed by atoms with E-state index in [2.05, 4.69) is 269 Å². The molecular formula is C65H90. The van der Waals surface area contributed by atoms with Crippen LogP contribution < -0.4 is 0 Å². The van der Waals surface area contributed by atoms with Gasteiger partial charge >= 0.3 is 0 Å². The molecule has 0 aliphatic rings. The van der Waals surface area contributed by atoms with Crippen molar-refractivity contribution in [3.05, 3.63) is 247 Å². The van der Waals surface area contributed by atoms with Gasteiger partial charge in [-0.1, -0.05) is 229 Å². The molecule has 7 aromatic rings. The lowest BCUT2D eigenvalue weighted by molar-refractivity contribution is 1.04. The van der Waals surface area contributed by atoms with Crippen LogP contribution in [0.1, 0.15) is 138 Å². The van der Waals surface area contributed by atoms with Gasteiger partial charge in [0.05, 0.1) is 0 Å². The van der Waals surface area contributed by atoms with Crippen molar-refractivity contribution in [1.29, 1.82) is 0 Å². The molecule has 7 aromatic carbocycles. The molecule has 0 bridgehead atoms. The van der Waals surface area contributed by atoms with Crippen LogP contribution in [-0.2, 0) is 38.5 Å². The minimum Gasteiger partial charge on any atom is -0.0776 e. The van der Waals surface area contributed by atoms with Crippen molar-refractivity contribution in [2.75, 3.05) is 0 Å². The summed E-state index contributed by atoms with van der Waals surface area (Å²) in [6.45, 7) is 34.5. The molecule has 0 nitrogen and oxygen atoms in total. The quantitative estimate of drug-likeness (QED) is 0.156. The molecule has 0 N–H and O–H groups in total. The van der Waals surface area contributed by atoms with Gasteiger partial charge in [-0.2, -0.15) is 0 Å². The van der Waals surface area contributed by atoms with E-state index >= 15 is 0 Å². The third-order valence-corrected chi connectivity index (χ3v) is 11.7. The molecule has 0 atom stereocenters. The molecule has 0 unspecified atom stereocenters. The summed E-state index contributed by atoms with van der Waals surface area (Å²) in [4.78, 5) is 0. The lowest BCUT2D eigenvalue weighted by Crippen LogP contribution is -1.88. The van der Waals surface area contributed by atoms with Gasteiger partial charge in [0, 0.05) is 0 Å². The number of hydrogen-bond donors (Lipinski definition) is 0. The summed E-state index contributed by atoms with van der Waals surface area (Å²) in [6, 6.07) is 55.9. The van der Waals surface area contributed by atoms with E-state index in [1.165, 1.54) is 89.0 Å². The number of aryl methyl sites for hydroxylation is 14. The summed E-state index contributed by atoms with van der Waals surface area (Å²) >= 11 is 0. The Bertz CT molecular complexity index is 2120. The number of rotatable bonds is 6. The first-order chi connectivity index (χ1) is 30.6. The Labute approximate surface area is 401 Å². The Kier molecular flexibility index (Phi) is 32.0. The minimum atomic E-state index is 0. The van der Waals surface area contributed by atoms with E-state index in [-0.39, 0.29) is 7.43 Å². The third-order valence-electron chi connectivity index (χ3n) is 11.7. The topological polar surface area (TPSA) is 0 Å². The molecule has 7 rings (SSSR count). The largest absolute Gasteiger partial charge is 0.0776 e. The summed E-state index contributed by atoms with van der Waals surface area (Å²) in [7, 11) is 0. The molecule has 0 spiro atoms. The van der Waals surface area contributed by atoms with Crippen LogP contribution in [0.15, 0.2) is 158 Å². The first-order valence-electron chi connectivity index (χ1n) is 24.0. The van der Waals surface area contributed by atoms with E-state index in [1.807, 2.05) is 0 Å². The molecule has 65 heavy (non-hydrogen) atoms. The van der Waals surface area contributed by atoms with Crippen molar-refractivity contribution in [1.82, 2.24) is 0 Å². The molecule has 0 radical (unpaired) electrons. The average Bonchev–Trinajstić information content (AvgIpc) is 3.32. The predicted molar refractivity (Wildman–Crippen MR) is 295 cm³/mol. The molecular weight excluding hydrogens is 781 g/mol. The standard InChI is InChI=1S/4C10H14.3C8H10.CH4/c1-7-5-6-8(2)10(4)9(7)3;1-3-9-5-7-10(4-2)8-6-9;1-3-9-6-5-7-10(4-2)8-9;1-3-9-7-5-6-8-10(9)4-2;1-7-3-5-8(2)6-4-7;1-7-4-3-5-8(2)6-7;1-7-5-3-4-6-8(7)2;/h5-6H,1-4H3;3*5-8H,3-4H2,1-2H3;3*3-6H,1-2H3;1H4. The SMILES string of the molecule is C.CCc1ccc(CC)cc1.CCc1cccc(CC)c1.CCc1ccccc1CC.Cc1ccc(C)c(C)c1C.Cc1ccc(C)cc1.Cc1cccc(C)c1.Cc1ccccc1C. The normalized spacial score (nSPS) is 9.48. The van der Waals surface area contributed by atoms with Gasteiger partial charge in [0.1, 0.15) is 0 Å². The van der Waals surface area contributed by atoms with Crippen LogP contribution in [0.25, 0.3) is 0 Å². The molecule has 0 heterocycles. The highest BCUT2D eigenvalue weighted by Crippen LogP contribution is 2.15. The number of benzene rings is 7. The second-order valence-electron chi connectivity index (χ2n) is 16.9. The van der Waals surface area contributed by atoms with E-state index in [0.29, 0.717) is 0 Å². The van der Waals surface area contributed by atoms with Crippen molar-refractivity contribution < 1.29 is 0 Å². The van der Waals surface area contributed by atoms with Crippen LogP contribution in [0.4, 0.5) is 0 Å². The maximum atomic E-state index is 2.28. The molecule has 0 heteroatoms. The first-order valence-corrected chi connectivity index (χ1v) is 24.0. The fraction of sp³-hybridized carbons (Fsp3) is 0.354. The Hall–Kier alpha value is -5.46. The van der Waals surface area contributed by atoms with Crippen molar-refractivity contribution in [2.45, 2.75) is 157 Å². The summed E-state index contributed by atoms with van der Waals surface area (Å²) in [5.74, 6) is 0. The molecule has 0 saturated carbocycles. The molecule has 350 valence electrons. The molecule has 0 saturated heterocycles. The Morgan fingerprint density at radius 3 is 0.846 bits per heavy atom. The van der Waals surface area contributed by atoms with E-state index in [9.17, 15) is 0 Å². The van der Waals surface area contributed by atoms with Crippen molar-refractivity contribution >= 4 is 0 Å². The van der Waals surface area contributed by atoms with Crippen LogP contribution in [0.3, 0.4) is 0 Å². The fourth-order valence-electron chi connectivity index (χ4n) is 6.53. The molecule has 0 amide bonds. The monoisotopic (exact) mass is 871 g/mol. The predicted octanol–water partition coefficient (Wildman–Crippen LogP) is 18.9. The zero-order chi connectivity index (χ0) is 47.9. The van der Waals surface area contributed by atoms with Crippen molar-refractivity contribution in [2.24, 2.45) is 0 Å². The second-order valence-corrected chi connectivity index (χ2v) is 16.9. The maximum absolute atomic E-state index is 2.28. The zero-order valence-electron chi connectivity index (χ0n) is 43.3. The van der Waals surface area contributed by atoms with E-state index in [0.717, 1.165) is 38.5 Å². The van der Waals surface area contributed by atoms with E-state index in [4.69, 9.17) is 0 Å². The third kappa shape index (κ3) is 25.6. The van der Waals surface area contributed by atoms with Gasteiger partial charge in [-0.15, -0.1) is 0 Å². The highest BCUT2D eigenvalue weighted by molar-refractivity contribution is 5.37. The molecule has 0 fully saturated rings. The Balaban J connectivity index is 0.000000735. The van der Waals surface area contributed by atoms with Gasteiger partial charge < -0.3 is 0 Å². The number of hydrogen-bond acceptors (Lipinski definition) is 0. The van der Waals surface area contributed by atoms with E-state index in [1.54, 1.807) is 0 Å². The highest BCUT2D eigenvalue weighted by atomic mass is 14.0. The van der Waals surface area contributed by atoms with Crippen molar-refractivity contribution in [3.8, 4) is 0 Å². The van der Waals surface area contributed by atoms with Crippen LogP contribution in [0.5, 0.6) is 0 Å². The van der Waals surface area contributed by atoms with Crippen LogP contribution in [0, 0.1) is 69.2 Å². The van der Waals surface area contributed by atoms with Crippen LogP contribution in [-0.4, -0.2) is 0 Å². The van der Waals surface area contributed by atoms with Gasteiger partial charge in [-0.05, 0) is 175 Å². The minimum absolute atomic E-state index is 0.